The van der Waals surface area contributed by atoms with Crippen molar-refractivity contribution in [1.29, 1.82) is 0 Å². The summed E-state index contributed by atoms with van der Waals surface area (Å²) in [5.41, 5.74) is 1.27. The zero-order valence-electron chi connectivity index (χ0n) is 12.2. The summed E-state index contributed by atoms with van der Waals surface area (Å²) in [5, 5.41) is 0. The second-order valence-electron chi connectivity index (χ2n) is 6.87. The van der Waals surface area contributed by atoms with Gasteiger partial charge >= 0.3 is 18.9 Å². The van der Waals surface area contributed by atoms with E-state index in [1.54, 1.807) is 0 Å². The van der Waals surface area contributed by atoms with Crippen molar-refractivity contribution in [3.05, 3.63) is 0 Å². The molecule has 0 aliphatic heterocycles. The predicted molar refractivity (Wildman–Crippen MR) is 58.4 cm³/mol. The van der Waals surface area contributed by atoms with Crippen LogP contribution in [0, 0.1) is 16.2 Å². The van der Waals surface area contributed by atoms with Gasteiger partial charge < -0.3 is 1.43 Å². The van der Waals surface area contributed by atoms with Crippen LogP contribution in [0.5, 0.6) is 0 Å². The standard InChI is InChI=1S/C12H26.Li.H/c1-10(2,3)9-12(7,8)11(4,5)6;;/h9H2,1-8H3;;/q;+1;-1. The van der Waals surface area contributed by atoms with Crippen LogP contribution >= 0.6 is 0 Å². The molecule has 0 nitrogen and oxygen atoms in total. The molecule has 1 heteroatoms. The van der Waals surface area contributed by atoms with Gasteiger partial charge in [0, 0.05) is 0 Å². The molecule has 0 amide bonds. The molecule has 0 bridgehead atoms. The van der Waals surface area contributed by atoms with E-state index in [0.717, 1.165) is 0 Å². The van der Waals surface area contributed by atoms with E-state index in [2.05, 4.69) is 55.4 Å². The first-order chi connectivity index (χ1) is 4.96. The minimum absolute atomic E-state index is 0. The quantitative estimate of drug-likeness (QED) is 0.535. The van der Waals surface area contributed by atoms with E-state index in [1.807, 2.05) is 0 Å². The van der Waals surface area contributed by atoms with E-state index >= 15 is 0 Å². The fourth-order valence-electron chi connectivity index (χ4n) is 1.59. The van der Waals surface area contributed by atoms with E-state index in [-0.39, 0.29) is 20.3 Å². The van der Waals surface area contributed by atoms with E-state index in [1.165, 1.54) is 6.42 Å². The maximum Gasteiger partial charge on any atom is 1.00 e. The molecule has 0 atom stereocenters. The fourth-order valence-corrected chi connectivity index (χ4v) is 1.59. The average Bonchev–Trinajstić information content (AvgIpc) is 1.52. The molecule has 0 spiro atoms. The summed E-state index contributed by atoms with van der Waals surface area (Å²) in [7, 11) is 0. The molecule has 0 aliphatic rings. The zero-order valence-corrected chi connectivity index (χ0v) is 11.2. The number of rotatable bonds is 1. The van der Waals surface area contributed by atoms with Crippen LogP contribution in [0.3, 0.4) is 0 Å². The normalized spacial score (nSPS) is 13.8. The van der Waals surface area contributed by atoms with Gasteiger partial charge in [-0.15, -0.1) is 0 Å². The van der Waals surface area contributed by atoms with E-state index in [9.17, 15) is 0 Å². The van der Waals surface area contributed by atoms with Gasteiger partial charge in [-0.25, -0.2) is 0 Å². The van der Waals surface area contributed by atoms with E-state index in [4.69, 9.17) is 0 Å². The molecule has 0 aromatic heterocycles. The summed E-state index contributed by atoms with van der Waals surface area (Å²) < 4.78 is 0. The van der Waals surface area contributed by atoms with Gasteiger partial charge in [0.1, 0.15) is 0 Å². The topological polar surface area (TPSA) is 0 Å². The molecule has 0 aromatic rings. The summed E-state index contributed by atoms with van der Waals surface area (Å²) in [4.78, 5) is 0. The fraction of sp³-hybridized carbons (Fsp3) is 1.00. The van der Waals surface area contributed by atoms with Crippen molar-refractivity contribution in [3.8, 4) is 0 Å². The Morgan fingerprint density at radius 1 is 0.769 bits per heavy atom. The van der Waals surface area contributed by atoms with Crippen molar-refractivity contribution < 1.29 is 20.3 Å². The average molecular weight is 178 g/mol. The van der Waals surface area contributed by atoms with Gasteiger partial charge in [0.25, 0.3) is 0 Å². The molecule has 0 fully saturated rings. The van der Waals surface area contributed by atoms with Gasteiger partial charge in [-0.3, -0.25) is 0 Å². The second kappa shape index (κ2) is 4.41. The van der Waals surface area contributed by atoms with Gasteiger partial charge in [-0.1, -0.05) is 55.4 Å². The van der Waals surface area contributed by atoms with Crippen LogP contribution < -0.4 is 18.9 Å². The Morgan fingerprint density at radius 2 is 1.08 bits per heavy atom. The van der Waals surface area contributed by atoms with Crippen LogP contribution in [0.15, 0.2) is 0 Å². The summed E-state index contributed by atoms with van der Waals surface area (Å²) in [6, 6.07) is 0. The molecule has 0 aromatic carbocycles. The maximum atomic E-state index is 2.37. The third-order valence-corrected chi connectivity index (χ3v) is 3.00. The maximum absolute atomic E-state index is 2.37. The first kappa shape index (κ1) is 16.0. The van der Waals surface area contributed by atoms with Gasteiger partial charge in [0.2, 0.25) is 0 Å². The molecular formula is C12H27Li. The Balaban J connectivity index is -0.000000605. The van der Waals surface area contributed by atoms with Gasteiger partial charge in [-0.05, 0) is 22.7 Å². The largest absolute Gasteiger partial charge is 1.00 e. The summed E-state index contributed by atoms with van der Waals surface area (Å²) in [5.74, 6) is 0. The molecule has 0 radical (unpaired) electrons. The zero-order chi connectivity index (χ0) is 10.2. The number of hydrogen-bond acceptors (Lipinski definition) is 0. The predicted octanol–water partition coefficient (Wildman–Crippen LogP) is 1.61. The van der Waals surface area contributed by atoms with Gasteiger partial charge in [0.15, 0.2) is 0 Å². The van der Waals surface area contributed by atoms with Crippen molar-refractivity contribution in [1.82, 2.24) is 0 Å². The summed E-state index contributed by atoms with van der Waals surface area (Å²) >= 11 is 0. The Labute approximate surface area is 98.5 Å². The minimum Gasteiger partial charge on any atom is -1.00 e. The smallest absolute Gasteiger partial charge is 1.00 e. The molecule has 0 unspecified atom stereocenters. The first-order valence-corrected chi connectivity index (χ1v) is 4.96. The molecule has 0 heterocycles. The van der Waals surface area contributed by atoms with Crippen LogP contribution in [-0.4, -0.2) is 0 Å². The molecule has 76 valence electrons. The summed E-state index contributed by atoms with van der Waals surface area (Å²) in [6.07, 6.45) is 1.28. The Bertz CT molecular complexity index is 149. The minimum atomic E-state index is 0. The van der Waals surface area contributed by atoms with Crippen molar-refractivity contribution in [2.45, 2.75) is 61.8 Å². The molecule has 0 aliphatic carbocycles. The van der Waals surface area contributed by atoms with Crippen molar-refractivity contribution in [2.75, 3.05) is 0 Å². The molecular weight excluding hydrogens is 151 g/mol. The van der Waals surface area contributed by atoms with E-state index < -0.39 is 0 Å². The molecule has 0 rings (SSSR count). The molecule has 13 heavy (non-hydrogen) atoms. The van der Waals surface area contributed by atoms with Crippen LogP contribution in [-0.2, 0) is 0 Å². The van der Waals surface area contributed by atoms with Crippen molar-refractivity contribution in [3.63, 3.8) is 0 Å². The Morgan fingerprint density at radius 3 is 1.15 bits per heavy atom. The molecule has 0 N–H and O–H groups in total. The third kappa shape index (κ3) is 5.82. The first-order valence-electron chi connectivity index (χ1n) is 4.96. The van der Waals surface area contributed by atoms with Crippen LogP contribution in [0.2, 0.25) is 0 Å². The van der Waals surface area contributed by atoms with Gasteiger partial charge in [0.05, 0.1) is 0 Å². The Hall–Kier alpha value is 0.597. The Kier molecular flexibility index (Phi) is 5.44. The monoisotopic (exact) mass is 178 g/mol. The second-order valence-corrected chi connectivity index (χ2v) is 6.87. The summed E-state index contributed by atoms with van der Waals surface area (Å²) in [6.45, 7) is 18.7. The molecule has 0 saturated heterocycles. The van der Waals surface area contributed by atoms with E-state index in [0.29, 0.717) is 16.2 Å². The number of hydrogen-bond donors (Lipinski definition) is 0. The van der Waals surface area contributed by atoms with Crippen molar-refractivity contribution in [2.24, 2.45) is 16.2 Å². The van der Waals surface area contributed by atoms with Crippen LogP contribution in [0.4, 0.5) is 0 Å². The van der Waals surface area contributed by atoms with Crippen LogP contribution in [0.25, 0.3) is 0 Å². The third-order valence-electron chi connectivity index (χ3n) is 3.00. The van der Waals surface area contributed by atoms with Crippen molar-refractivity contribution >= 4 is 0 Å². The SMILES string of the molecule is CC(C)(C)CC(C)(C)C(C)(C)C.[H-].[Li+]. The van der Waals surface area contributed by atoms with Crippen LogP contribution in [0.1, 0.15) is 63.2 Å². The van der Waals surface area contributed by atoms with Gasteiger partial charge in [-0.2, -0.15) is 0 Å². The molecule has 0 saturated carbocycles.